The molecule has 3 rings (SSSR count). The van der Waals surface area contributed by atoms with Crippen molar-refractivity contribution >= 4 is 62.0 Å². The number of aromatic amines is 1. The first-order valence-electron chi connectivity index (χ1n) is 8.40. The lowest BCUT2D eigenvalue weighted by Crippen LogP contribution is -2.20. The van der Waals surface area contributed by atoms with E-state index in [1.54, 1.807) is 6.07 Å². The normalized spacial score (nSPS) is 9.91. The van der Waals surface area contributed by atoms with Gasteiger partial charge in [-0.1, -0.05) is 18.2 Å². The number of rotatable bonds is 5. The Balaban J connectivity index is 0.000000227. The molecule has 0 unspecified atom stereocenters. The maximum atomic E-state index is 13.3. The van der Waals surface area contributed by atoms with Crippen LogP contribution in [-0.4, -0.2) is 39.5 Å². The predicted molar refractivity (Wildman–Crippen MR) is 113 cm³/mol. The third-order valence-corrected chi connectivity index (χ3v) is 4.02. The van der Waals surface area contributed by atoms with Crippen LogP contribution in [-0.2, 0) is 14.3 Å². The molecular weight excluding hydrogens is 473 g/mol. The summed E-state index contributed by atoms with van der Waals surface area (Å²) >= 11 is 10.1. The van der Waals surface area contributed by atoms with Crippen molar-refractivity contribution in [3.63, 3.8) is 0 Å². The molecule has 32 heavy (non-hydrogen) atoms. The van der Waals surface area contributed by atoms with Crippen LogP contribution < -0.4 is 10.9 Å². The van der Waals surface area contributed by atoms with E-state index >= 15 is 0 Å². The fourth-order valence-electron chi connectivity index (χ4n) is 2.19. The van der Waals surface area contributed by atoms with Crippen molar-refractivity contribution in [2.45, 2.75) is 0 Å². The minimum atomic E-state index is -1.12. The van der Waals surface area contributed by atoms with E-state index in [0.29, 0.717) is 0 Å². The third-order valence-electron chi connectivity index (χ3n) is 3.67. The van der Waals surface area contributed by atoms with E-state index in [-0.39, 0.29) is 22.3 Å². The second-order valence-corrected chi connectivity index (χ2v) is 6.34. The quantitative estimate of drug-likeness (QED) is 0.187. The molecule has 0 radical (unpaired) electrons. The van der Waals surface area contributed by atoms with Gasteiger partial charge < -0.3 is 4.74 Å². The number of aromatic nitrogens is 2. The Morgan fingerprint density at radius 1 is 1.03 bits per heavy atom. The number of carbonyl (C=O) groups excluding carboxylic acids is 3. The van der Waals surface area contributed by atoms with Crippen molar-refractivity contribution in [1.82, 2.24) is 10.2 Å². The van der Waals surface area contributed by atoms with E-state index in [1.807, 2.05) is 0 Å². The number of H-pyrrole nitrogens is 1. The number of hydrazone groups is 1. The molecule has 3 aromatic rings. The topological polar surface area (TPSA) is 131 Å². The van der Waals surface area contributed by atoms with Crippen molar-refractivity contribution in [2.75, 3.05) is 12.5 Å². The van der Waals surface area contributed by atoms with Crippen LogP contribution in [0, 0.1) is 11.6 Å². The van der Waals surface area contributed by atoms with Crippen LogP contribution in [0.25, 0.3) is 10.9 Å². The Hall–Kier alpha value is -3.70. The van der Waals surface area contributed by atoms with E-state index in [2.05, 4.69) is 25.5 Å². The van der Waals surface area contributed by atoms with Gasteiger partial charge in [-0.15, -0.1) is 0 Å². The zero-order chi connectivity index (χ0) is 23.8. The van der Waals surface area contributed by atoms with Crippen LogP contribution in [0.5, 0.6) is 0 Å². The van der Waals surface area contributed by atoms with Gasteiger partial charge in [-0.25, -0.2) is 13.6 Å². The highest BCUT2D eigenvalue weighted by atomic mass is 35.5. The fraction of sp³-hybridized carbons (Fsp3) is 0.0526. The summed E-state index contributed by atoms with van der Waals surface area (Å²) in [6.07, 6.45) is 0. The SMILES string of the molecule is COC(=O)c1n[nH]c2c(F)cccc2c1=O.O=C(Cl)C(=NNc1ccccc1F)C(=O)Cl. The molecule has 1 aromatic heterocycles. The summed E-state index contributed by atoms with van der Waals surface area (Å²) in [5.41, 5.74) is 0.403. The van der Waals surface area contributed by atoms with E-state index in [1.165, 1.54) is 36.4 Å². The maximum absolute atomic E-state index is 13.3. The molecular formula is C19H12Cl2F2N4O5. The van der Waals surface area contributed by atoms with Gasteiger partial charge in [0.05, 0.1) is 18.2 Å². The Kier molecular flexibility index (Phi) is 8.50. The smallest absolute Gasteiger partial charge is 0.362 e. The highest BCUT2D eigenvalue weighted by Crippen LogP contribution is 2.12. The van der Waals surface area contributed by atoms with Crippen molar-refractivity contribution in [2.24, 2.45) is 5.10 Å². The number of ether oxygens (including phenoxy) is 1. The average Bonchev–Trinajstić information content (AvgIpc) is 2.75. The molecule has 1 heterocycles. The third kappa shape index (κ3) is 5.93. The number of halogens is 4. The molecule has 0 aliphatic rings. The fourth-order valence-corrected chi connectivity index (χ4v) is 2.49. The van der Waals surface area contributed by atoms with Crippen LogP contribution in [0.3, 0.4) is 0 Å². The Morgan fingerprint density at radius 3 is 2.25 bits per heavy atom. The van der Waals surface area contributed by atoms with Gasteiger partial charge in [-0.05, 0) is 47.5 Å². The first-order valence-corrected chi connectivity index (χ1v) is 9.16. The number of nitrogens with zero attached hydrogens (tertiary/aromatic N) is 2. The second-order valence-electron chi connectivity index (χ2n) is 5.65. The van der Waals surface area contributed by atoms with Gasteiger partial charge in [0.15, 0.2) is 0 Å². The molecule has 0 bridgehead atoms. The van der Waals surface area contributed by atoms with E-state index < -0.39 is 39.2 Å². The number of carbonyl (C=O) groups is 3. The number of hydrogen-bond acceptors (Lipinski definition) is 8. The summed E-state index contributed by atoms with van der Waals surface area (Å²) < 4.78 is 30.7. The summed E-state index contributed by atoms with van der Waals surface area (Å²) in [5, 5.41) is 6.94. The highest BCUT2D eigenvalue weighted by Gasteiger charge is 2.17. The van der Waals surface area contributed by atoms with Crippen molar-refractivity contribution in [1.29, 1.82) is 0 Å². The molecule has 2 N–H and O–H groups in total. The monoisotopic (exact) mass is 484 g/mol. The van der Waals surface area contributed by atoms with Gasteiger partial charge in [0.25, 0.3) is 10.5 Å². The predicted octanol–water partition coefficient (Wildman–Crippen LogP) is 2.97. The maximum Gasteiger partial charge on any atom is 0.362 e. The number of nitrogens with one attached hydrogen (secondary N) is 2. The molecule has 9 nitrogen and oxygen atoms in total. The van der Waals surface area contributed by atoms with Crippen molar-refractivity contribution < 1.29 is 27.9 Å². The van der Waals surface area contributed by atoms with Gasteiger partial charge in [0, 0.05) is 0 Å². The lowest BCUT2D eigenvalue weighted by atomic mass is 10.2. The van der Waals surface area contributed by atoms with Crippen LogP contribution >= 0.6 is 23.2 Å². The minimum Gasteiger partial charge on any atom is -0.464 e. The van der Waals surface area contributed by atoms with Crippen LogP contribution in [0.15, 0.2) is 52.4 Å². The molecule has 0 spiro atoms. The highest BCUT2D eigenvalue weighted by molar-refractivity contribution is 7.01. The summed E-state index contributed by atoms with van der Waals surface area (Å²) in [7, 11) is 1.14. The van der Waals surface area contributed by atoms with Crippen molar-refractivity contribution in [3.8, 4) is 0 Å². The van der Waals surface area contributed by atoms with Gasteiger partial charge in [0.1, 0.15) is 17.2 Å². The van der Waals surface area contributed by atoms with Gasteiger partial charge in [-0.3, -0.25) is 24.9 Å². The molecule has 0 saturated carbocycles. The van der Waals surface area contributed by atoms with E-state index in [9.17, 15) is 28.0 Å². The summed E-state index contributed by atoms with van der Waals surface area (Å²) in [6, 6.07) is 9.56. The number of hydrogen-bond donors (Lipinski definition) is 2. The van der Waals surface area contributed by atoms with Gasteiger partial charge in [0.2, 0.25) is 16.8 Å². The summed E-state index contributed by atoms with van der Waals surface area (Å²) in [5.74, 6) is -2.04. The lowest BCUT2D eigenvalue weighted by molar-refractivity contribution is -0.109. The molecule has 13 heteroatoms. The summed E-state index contributed by atoms with van der Waals surface area (Å²) in [6.45, 7) is 0. The van der Waals surface area contributed by atoms with Crippen LogP contribution in [0.1, 0.15) is 10.5 Å². The first kappa shape index (κ1) is 24.6. The lowest BCUT2D eigenvalue weighted by Gasteiger charge is -2.01. The number of benzene rings is 2. The van der Waals surface area contributed by atoms with E-state index in [4.69, 9.17) is 23.2 Å². The largest absolute Gasteiger partial charge is 0.464 e. The molecule has 0 aliphatic heterocycles. The van der Waals surface area contributed by atoms with E-state index in [0.717, 1.165) is 7.11 Å². The molecule has 0 fully saturated rings. The standard InChI is InChI=1S/C10H7FN2O3.C9H5Cl2FN2O2/c1-16-10(15)8-9(14)5-3-2-4-6(11)7(5)12-13-8;10-8(15)7(9(11)16)14-13-6-4-2-1-3-5(6)12/h2-4H,1H3,(H,12,14);1-4,13H. The molecule has 2 aromatic carbocycles. The number of esters is 1. The number of fused-ring (bicyclic) bond motifs is 1. The number of para-hydroxylation sites is 2. The van der Waals surface area contributed by atoms with Gasteiger partial charge >= 0.3 is 5.97 Å². The number of anilines is 1. The Morgan fingerprint density at radius 2 is 1.66 bits per heavy atom. The Bertz CT molecular complexity index is 1260. The average molecular weight is 485 g/mol. The van der Waals surface area contributed by atoms with Gasteiger partial charge in [-0.2, -0.15) is 10.2 Å². The molecule has 0 amide bonds. The Labute approximate surface area is 188 Å². The first-order chi connectivity index (χ1) is 15.2. The molecule has 166 valence electrons. The zero-order valence-electron chi connectivity index (χ0n) is 16.0. The minimum absolute atomic E-state index is 0.00386. The zero-order valence-corrected chi connectivity index (χ0v) is 17.5. The molecule has 0 atom stereocenters. The molecule has 0 saturated heterocycles. The molecule has 0 aliphatic carbocycles. The van der Waals surface area contributed by atoms with Crippen LogP contribution in [0.4, 0.5) is 14.5 Å². The van der Waals surface area contributed by atoms with Crippen LogP contribution in [0.2, 0.25) is 0 Å². The van der Waals surface area contributed by atoms with Crippen molar-refractivity contribution in [3.05, 3.63) is 70.0 Å². The number of methoxy groups -OCH3 is 1. The second kappa shape index (κ2) is 11.1. The summed E-state index contributed by atoms with van der Waals surface area (Å²) in [4.78, 5) is 44.3.